The molecular weight excluding hydrogens is 307 g/mol. The zero-order chi connectivity index (χ0) is 14.0. The number of benzene rings is 1. The Bertz CT molecular complexity index is 563. The van der Waals surface area contributed by atoms with E-state index < -0.39 is 10.0 Å². The largest absolute Gasteiger partial charge is 0.316 e. The van der Waals surface area contributed by atoms with Crippen molar-refractivity contribution in [2.45, 2.75) is 23.8 Å². The smallest absolute Gasteiger partial charge is 0.243 e. The van der Waals surface area contributed by atoms with Crippen LogP contribution in [0.15, 0.2) is 23.1 Å². The lowest BCUT2D eigenvalue weighted by Gasteiger charge is -2.31. The molecule has 4 nitrogen and oxygen atoms in total. The second-order valence-corrected chi connectivity index (χ2v) is 7.32. The quantitative estimate of drug-likeness (QED) is 0.929. The van der Waals surface area contributed by atoms with Crippen LogP contribution in [-0.4, -0.2) is 38.9 Å². The van der Waals surface area contributed by atoms with E-state index in [1.807, 2.05) is 7.05 Å². The van der Waals surface area contributed by atoms with Gasteiger partial charge in [-0.2, -0.15) is 4.31 Å². The van der Waals surface area contributed by atoms with Crippen molar-refractivity contribution in [2.24, 2.45) is 0 Å². The van der Waals surface area contributed by atoms with E-state index in [0.717, 1.165) is 12.8 Å². The number of piperidine rings is 1. The summed E-state index contributed by atoms with van der Waals surface area (Å²) in [6, 6.07) is 4.61. The molecule has 0 radical (unpaired) electrons. The highest BCUT2D eigenvalue weighted by Gasteiger charge is 2.29. The van der Waals surface area contributed by atoms with Gasteiger partial charge in [0.15, 0.2) is 0 Å². The molecule has 1 aromatic rings. The first kappa shape index (κ1) is 15.1. The lowest BCUT2D eigenvalue weighted by molar-refractivity contribution is 0.293. The van der Waals surface area contributed by atoms with Gasteiger partial charge < -0.3 is 5.32 Å². The van der Waals surface area contributed by atoms with Crippen LogP contribution in [0.5, 0.6) is 0 Å². The van der Waals surface area contributed by atoms with Gasteiger partial charge in [0.2, 0.25) is 10.0 Å². The van der Waals surface area contributed by atoms with Crippen LogP contribution in [0.3, 0.4) is 0 Å². The number of likely N-dealkylation sites (N-methyl/N-ethyl adjacent to an activating group) is 1. The van der Waals surface area contributed by atoms with Crippen molar-refractivity contribution in [1.82, 2.24) is 9.62 Å². The molecule has 0 bridgehead atoms. The molecule has 1 N–H and O–H groups in total. The Kier molecular flexibility index (Phi) is 4.74. The van der Waals surface area contributed by atoms with E-state index in [1.165, 1.54) is 22.5 Å². The van der Waals surface area contributed by atoms with E-state index >= 15 is 0 Å². The molecule has 2 rings (SSSR count). The molecular formula is C12H16Cl2N2O2S. The first-order chi connectivity index (χ1) is 8.95. The molecule has 1 atom stereocenters. The third-order valence-corrected chi connectivity index (χ3v) is 5.92. The lowest BCUT2D eigenvalue weighted by Crippen LogP contribution is -2.46. The average molecular weight is 323 g/mol. The molecule has 7 heteroatoms. The Hall–Kier alpha value is -0.330. The van der Waals surface area contributed by atoms with Gasteiger partial charge in [0.05, 0.1) is 14.9 Å². The number of hydrogen-bond donors (Lipinski definition) is 1. The topological polar surface area (TPSA) is 49.4 Å². The van der Waals surface area contributed by atoms with Crippen molar-refractivity contribution in [3.63, 3.8) is 0 Å². The number of nitrogens with zero attached hydrogens (tertiary/aromatic N) is 1. The van der Waals surface area contributed by atoms with Crippen LogP contribution in [0.2, 0.25) is 10.0 Å². The van der Waals surface area contributed by atoms with Gasteiger partial charge in [-0.1, -0.05) is 23.2 Å². The third-order valence-electron chi connectivity index (χ3n) is 3.32. The van der Waals surface area contributed by atoms with E-state index in [0.29, 0.717) is 18.1 Å². The van der Waals surface area contributed by atoms with Crippen LogP contribution < -0.4 is 5.32 Å². The van der Waals surface area contributed by atoms with Gasteiger partial charge >= 0.3 is 0 Å². The summed E-state index contributed by atoms with van der Waals surface area (Å²) in [5.41, 5.74) is 0. The maximum Gasteiger partial charge on any atom is 0.243 e. The highest BCUT2D eigenvalue weighted by atomic mass is 35.5. The van der Waals surface area contributed by atoms with Crippen molar-refractivity contribution in [3.05, 3.63) is 28.2 Å². The van der Waals surface area contributed by atoms with E-state index in [9.17, 15) is 8.42 Å². The van der Waals surface area contributed by atoms with Gasteiger partial charge in [-0.15, -0.1) is 0 Å². The van der Waals surface area contributed by atoms with Gasteiger partial charge in [0, 0.05) is 19.1 Å². The molecule has 0 aliphatic carbocycles. The molecule has 1 fully saturated rings. The molecule has 1 aromatic carbocycles. The van der Waals surface area contributed by atoms with Crippen molar-refractivity contribution in [3.8, 4) is 0 Å². The first-order valence-electron chi connectivity index (χ1n) is 6.07. The molecule has 0 aromatic heterocycles. The summed E-state index contributed by atoms with van der Waals surface area (Å²) in [5, 5.41) is 3.73. The zero-order valence-electron chi connectivity index (χ0n) is 10.6. The van der Waals surface area contributed by atoms with Crippen molar-refractivity contribution in [2.75, 3.05) is 20.1 Å². The predicted octanol–water partition coefficient (Wildman–Crippen LogP) is 2.37. The summed E-state index contributed by atoms with van der Waals surface area (Å²) in [6.45, 7) is 1.03. The molecule has 1 aliphatic rings. The number of halogens is 2. The molecule has 0 amide bonds. The molecule has 0 spiro atoms. The van der Waals surface area contributed by atoms with Crippen molar-refractivity contribution >= 4 is 33.2 Å². The Labute approximate surface area is 123 Å². The van der Waals surface area contributed by atoms with Gasteiger partial charge in [-0.25, -0.2) is 8.42 Å². The summed E-state index contributed by atoms with van der Waals surface area (Å²) in [5.74, 6) is 0. The van der Waals surface area contributed by atoms with Crippen LogP contribution in [-0.2, 0) is 10.0 Å². The van der Waals surface area contributed by atoms with Crippen LogP contribution in [0.1, 0.15) is 12.8 Å². The maximum atomic E-state index is 12.5. The minimum absolute atomic E-state index is 0.193. The highest BCUT2D eigenvalue weighted by molar-refractivity contribution is 7.89. The molecule has 1 aliphatic heterocycles. The Morgan fingerprint density at radius 2 is 2.05 bits per heavy atom. The summed E-state index contributed by atoms with van der Waals surface area (Å²) in [7, 11) is -1.65. The highest BCUT2D eigenvalue weighted by Crippen LogP contribution is 2.27. The molecule has 1 saturated heterocycles. The standard InChI is InChI=1S/C12H16Cl2N2O2S/c1-15-9-3-2-6-16(8-9)19(17,18)10-4-5-11(13)12(14)7-10/h4-5,7,9,15H,2-3,6,8H2,1H3/t9-/m0/s1. The molecule has 0 unspecified atom stereocenters. The van der Waals surface area contributed by atoms with Gasteiger partial charge in [-0.05, 0) is 38.1 Å². The van der Waals surface area contributed by atoms with Crippen molar-refractivity contribution in [1.29, 1.82) is 0 Å². The van der Waals surface area contributed by atoms with Crippen LogP contribution in [0, 0.1) is 0 Å². The minimum Gasteiger partial charge on any atom is -0.316 e. The molecule has 106 valence electrons. The Balaban J connectivity index is 2.28. The lowest BCUT2D eigenvalue weighted by atomic mass is 10.1. The zero-order valence-corrected chi connectivity index (χ0v) is 12.9. The summed E-state index contributed by atoms with van der Waals surface area (Å²) >= 11 is 11.7. The van der Waals surface area contributed by atoms with Gasteiger partial charge in [0.1, 0.15) is 0 Å². The fourth-order valence-corrected chi connectivity index (χ4v) is 4.10. The minimum atomic E-state index is -3.49. The van der Waals surface area contributed by atoms with E-state index in [4.69, 9.17) is 23.2 Å². The Morgan fingerprint density at radius 1 is 1.32 bits per heavy atom. The normalized spacial score (nSPS) is 21.5. The third kappa shape index (κ3) is 3.23. The second kappa shape index (κ2) is 5.97. The molecule has 19 heavy (non-hydrogen) atoms. The van der Waals surface area contributed by atoms with Crippen LogP contribution >= 0.6 is 23.2 Å². The van der Waals surface area contributed by atoms with E-state index in [-0.39, 0.29) is 16.0 Å². The SMILES string of the molecule is CN[C@H]1CCCN(S(=O)(=O)c2ccc(Cl)c(Cl)c2)C1. The molecule has 1 heterocycles. The first-order valence-corrected chi connectivity index (χ1v) is 8.27. The predicted molar refractivity (Wildman–Crippen MR) is 77.3 cm³/mol. The number of rotatable bonds is 3. The van der Waals surface area contributed by atoms with Gasteiger partial charge in [-0.3, -0.25) is 0 Å². The average Bonchev–Trinajstić information content (AvgIpc) is 2.41. The second-order valence-electron chi connectivity index (χ2n) is 4.57. The molecule has 0 saturated carbocycles. The van der Waals surface area contributed by atoms with E-state index in [1.54, 1.807) is 0 Å². The summed E-state index contributed by atoms with van der Waals surface area (Å²) in [6.07, 6.45) is 1.84. The van der Waals surface area contributed by atoms with Gasteiger partial charge in [0.25, 0.3) is 0 Å². The van der Waals surface area contributed by atoms with Crippen LogP contribution in [0.4, 0.5) is 0 Å². The fourth-order valence-electron chi connectivity index (χ4n) is 2.18. The number of nitrogens with one attached hydrogen (secondary N) is 1. The number of hydrogen-bond acceptors (Lipinski definition) is 3. The van der Waals surface area contributed by atoms with Crippen LogP contribution in [0.25, 0.3) is 0 Å². The van der Waals surface area contributed by atoms with E-state index in [2.05, 4.69) is 5.32 Å². The summed E-state index contributed by atoms with van der Waals surface area (Å²) in [4.78, 5) is 0.193. The monoisotopic (exact) mass is 322 g/mol. The van der Waals surface area contributed by atoms with Crippen molar-refractivity contribution < 1.29 is 8.42 Å². The fraction of sp³-hybridized carbons (Fsp3) is 0.500. The summed E-state index contributed by atoms with van der Waals surface area (Å²) < 4.78 is 26.5. The Morgan fingerprint density at radius 3 is 2.68 bits per heavy atom. The maximum absolute atomic E-state index is 12.5. The number of sulfonamides is 1.